The Hall–Kier alpha value is -2.20. The van der Waals surface area contributed by atoms with E-state index in [1.807, 2.05) is 36.9 Å². The number of piperidine rings is 1. The second-order valence-electron chi connectivity index (χ2n) is 7.96. The van der Waals surface area contributed by atoms with Crippen LogP contribution in [0.4, 0.5) is 0 Å². The summed E-state index contributed by atoms with van der Waals surface area (Å²) >= 11 is 7.30. The van der Waals surface area contributed by atoms with Gasteiger partial charge in [0.2, 0.25) is 5.91 Å². The van der Waals surface area contributed by atoms with E-state index in [1.54, 1.807) is 30.5 Å². The van der Waals surface area contributed by atoms with Crippen LogP contribution in [0.1, 0.15) is 35.1 Å². The number of aromatic nitrogens is 2. The molecule has 2 aromatic heterocycles. The van der Waals surface area contributed by atoms with Crippen LogP contribution in [0.25, 0.3) is 0 Å². The van der Waals surface area contributed by atoms with Crippen LogP contribution >= 0.6 is 22.9 Å². The Morgan fingerprint density at radius 3 is 2.62 bits per heavy atom. The Kier molecular flexibility index (Phi) is 6.71. The lowest BCUT2D eigenvalue weighted by Gasteiger charge is -2.32. The normalized spacial score (nSPS) is 18.4. The summed E-state index contributed by atoms with van der Waals surface area (Å²) in [5.41, 5.74) is 0.853. The zero-order chi connectivity index (χ0) is 22.9. The highest BCUT2D eigenvalue weighted by Crippen LogP contribution is 2.29. The molecule has 1 aliphatic rings. The van der Waals surface area contributed by atoms with Gasteiger partial charge in [-0.2, -0.15) is 4.31 Å². The lowest BCUT2D eigenvalue weighted by molar-refractivity contribution is -0.126. The maximum Gasteiger partial charge on any atom is 0.252 e. The van der Waals surface area contributed by atoms with Gasteiger partial charge in [-0.3, -0.25) is 4.79 Å². The number of rotatable bonds is 6. The molecule has 0 aliphatic carbocycles. The number of nitrogens with one attached hydrogen (secondary N) is 1. The number of imidazole rings is 1. The number of thiophene rings is 1. The van der Waals surface area contributed by atoms with Gasteiger partial charge in [0.1, 0.15) is 16.1 Å². The van der Waals surface area contributed by atoms with Gasteiger partial charge >= 0.3 is 0 Å². The van der Waals surface area contributed by atoms with Crippen LogP contribution in [0.15, 0.2) is 53.0 Å². The zero-order valence-corrected chi connectivity index (χ0v) is 20.3. The fraction of sp³-hybridized carbons (Fsp3) is 0.364. The number of carbonyl (C=O) groups excluding carboxylic acids is 1. The Morgan fingerprint density at radius 2 is 2.00 bits per heavy atom. The van der Waals surface area contributed by atoms with E-state index in [0.29, 0.717) is 34.4 Å². The lowest BCUT2D eigenvalue weighted by Crippen LogP contribution is -2.46. The van der Waals surface area contributed by atoms with Crippen molar-refractivity contribution in [3.63, 3.8) is 0 Å². The summed E-state index contributed by atoms with van der Waals surface area (Å²) in [4.78, 5) is 18.6. The fourth-order valence-corrected chi connectivity index (χ4v) is 7.01. The maximum absolute atomic E-state index is 13.3. The minimum absolute atomic E-state index is 0.166. The summed E-state index contributed by atoms with van der Waals surface area (Å²) < 4.78 is 29.7. The average Bonchev–Trinajstić information content (AvgIpc) is 3.41. The first-order valence-corrected chi connectivity index (χ1v) is 13.0. The Morgan fingerprint density at radius 1 is 1.25 bits per heavy atom. The molecule has 4 rings (SSSR count). The van der Waals surface area contributed by atoms with Crippen molar-refractivity contribution < 1.29 is 13.2 Å². The number of aryl methyl sites for hydroxylation is 2. The molecule has 1 N–H and O–H groups in total. The number of amides is 1. The van der Waals surface area contributed by atoms with Crippen LogP contribution in [-0.2, 0) is 21.9 Å². The molecule has 7 nitrogen and oxygen atoms in total. The third-order valence-corrected chi connectivity index (χ3v) is 9.26. The molecule has 0 bridgehead atoms. The number of sulfonamides is 1. The highest BCUT2D eigenvalue weighted by Gasteiger charge is 2.35. The average molecular weight is 493 g/mol. The zero-order valence-electron chi connectivity index (χ0n) is 17.9. The van der Waals surface area contributed by atoms with Crippen molar-refractivity contribution in [2.75, 3.05) is 13.1 Å². The first-order chi connectivity index (χ1) is 15.3. The van der Waals surface area contributed by atoms with Crippen molar-refractivity contribution in [1.29, 1.82) is 0 Å². The monoisotopic (exact) mass is 492 g/mol. The van der Waals surface area contributed by atoms with Crippen molar-refractivity contribution in [1.82, 2.24) is 19.2 Å². The predicted octanol–water partition coefficient (Wildman–Crippen LogP) is 3.75. The van der Waals surface area contributed by atoms with Crippen molar-refractivity contribution in [2.45, 2.75) is 30.0 Å². The van der Waals surface area contributed by atoms with Gasteiger partial charge < -0.3 is 9.88 Å². The van der Waals surface area contributed by atoms with Crippen LogP contribution in [0.5, 0.6) is 0 Å². The molecule has 10 heteroatoms. The highest BCUT2D eigenvalue weighted by molar-refractivity contribution is 7.91. The van der Waals surface area contributed by atoms with Crippen molar-refractivity contribution in [3.05, 3.63) is 70.1 Å². The molecule has 3 heterocycles. The summed E-state index contributed by atoms with van der Waals surface area (Å²) in [6.07, 6.45) is 4.77. The summed E-state index contributed by atoms with van der Waals surface area (Å²) in [6, 6.07) is 10.2. The first kappa shape index (κ1) is 23.0. The summed E-state index contributed by atoms with van der Waals surface area (Å²) in [5.74, 6) is 0.0693. The highest BCUT2D eigenvalue weighted by atomic mass is 35.5. The summed E-state index contributed by atoms with van der Waals surface area (Å²) in [7, 11) is -1.73. The van der Waals surface area contributed by atoms with E-state index in [2.05, 4.69) is 10.3 Å². The molecule has 1 aliphatic heterocycles. The van der Waals surface area contributed by atoms with E-state index in [0.717, 1.165) is 10.4 Å². The Balaban J connectivity index is 1.54. The Labute approximate surface area is 197 Å². The van der Waals surface area contributed by atoms with Gasteiger partial charge in [0, 0.05) is 42.4 Å². The van der Waals surface area contributed by atoms with E-state index < -0.39 is 22.0 Å². The first-order valence-electron chi connectivity index (χ1n) is 10.4. The summed E-state index contributed by atoms with van der Waals surface area (Å²) in [6.45, 7) is 2.46. The summed E-state index contributed by atoms with van der Waals surface area (Å²) in [5, 5.41) is 3.70. The van der Waals surface area contributed by atoms with Crippen LogP contribution in [0, 0.1) is 12.8 Å². The lowest BCUT2D eigenvalue weighted by atomic mass is 9.97. The van der Waals surface area contributed by atoms with Crippen LogP contribution in [0.3, 0.4) is 0 Å². The molecule has 2 atom stereocenters. The van der Waals surface area contributed by atoms with Crippen molar-refractivity contribution in [2.24, 2.45) is 13.0 Å². The molecule has 1 amide bonds. The van der Waals surface area contributed by atoms with E-state index >= 15 is 0 Å². The molecule has 0 saturated carbocycles. The molecular weight excluding hydrogens is 468 g/mol. The number of halogens is 1. The number of benzene rings is 1. The van der Waals surface area contributed by atoms with Gasteiger partial charge in [-0.25, -0.2) is 13.4 Å². The molecule has 0 unspecified atom stereocenters. The quantitative estimate of drug-likeness (QED) is 0.568. The number of nitrogens with zero attached hydrogens (tertiary/aromatic N) is 3. The molecule has 0 spiro atoms. The van der Waals surface area contributed by atoms with Crippen LogP contribution in [-0.4, -0.2) is 41.3 Å². The standard InChI is InChI=1S/C22H25ClN4O3S2/c1-15-5-10-19(31-15)32(29,30)27-12-3-4-17(14-27)22(28)25-20(21-24-11-13-26(21)2)16-6-8-18(23)9-7-16/h5-11,13,17,20H,3-4,12,14H2,1-2H3,(H,25,28)/t17-,20+/m1/s1. The van der Waals surface area contributed by atoms with E-state index in [4.69, 9.17) is 11.6 Å². The minimum atomic E-state index is -3.60. The molecule has 1 fully saturated rings. The number of hydrogen-bond acceptors (Lipinski definition) is 5. The Bertz CT molecular complexity index is 1200. The number of carbonyl (C=O) groups is 1. The molecule has 3 aromatic rings. The minimum Gasteiger partial charge on any atom is -0.342 e. The fourth-order valence-electron chi connectivity index (χ4n) is 3.92. The van der Waals surface area contributed by atoms with E-state index in [9.17, 15) is 13.2 Å². The van der Waals surface area contributed by atoms with Crippen LogP contribution in [0.2, 0.25) is 5.02 Å². The molecule has 1 aromatic carbocycles. The smallest absolute Gasteiger partial charge is 0.252 e. The second kappa shape index (κ2) is 9.35. The van der Waals surface area contributed by atoms with Gasteiger partial charge in [-0.05, 0) is 49.6 Å². The van der Waals surface area contributed by atoms with Crippen LogP contribution < -0.4 is 5.32 Å². The largest absolute Gasteiger partial charge is 0.342 e. The maximum atomic E-state index is 13.3. The van der Waals surface area contributed by atoms with Crippen molar-refractivity contribution >= 4 is 38.9 Å². The third-order valence-electron chi connectivity index (χ3n) is 5.67. The SMILES string of the molecule is Cc1ccc(S(=O)(=O)N2CCC[C@@H](C(=O)N[C@@H](c3ccc(Cl)cc3)c3nccn3C)C2)s1. The number of hydrogen-bond donors (Lipinski definition) is 1. The van der Waals surface area contributed by atoms with Crippen molar-refractivity contribution in [3.8, 4) is 0 Å². The molecule has 1 saturated heterocycles. The topological polar surface area (TPSA) is 84.3 Å². The van der Waals surface area contributed by atoms with Gasteiger partial charge in [0.25, 0.3) is 10.0 Å². The van der Waals surface area contributed by atoms with Gasteiger partial charge in [0.05, 0.1) is 5.92 Å². The molecule has 170 valence electrons. The molecule has 0 radical (unpaired) electrons. The van der Waals surface area contributed by atoms with Gasteiger partial charge in [-0.15, -0.1) is 11.3 Å². The second-order valence-corrected chi connectivity index (χ2v) is 11.8. The molecular formula is C22H25ClN4O3S2. The van der Waals surface area contributed by atoms with E-state index in [1.165, 1.54) is 15.6 Å². The third kappa shape index (κ3) is 4.76. The van der Waals surface area contributed by atoms with Gasteiger partial charge in [-0.1, -0.05) is 23.7 Å². The van der Waals surface area contributed by atoms with Gasteiger partial charge in [0.15, 0.2) is 0 Å². The molecule has 32 heavy (non-hydrogen) atoms. The van der Waals surface area contributed by atoms with E-state index in [-0.39, 0.29) is 12.5 Å². The predicted molar refractivity (Wildman–Crippen MR) is 125 cm³/mol.